The number of urea groups is 1. The van der Waals surface area contributed by atoms with Crippen molar-refractivity contribution < 1.29 is 19.4 Å². The molecular weight excluding hydrogens is 310 g/mol. The van der Waals surface area contributed by atoms with Gasteiger partial charge in [-0.25, -0.2) is 4.79 Å². The SMILES string of the molecule is CC(C)NC(=O)N[C@H]1CC[C@H](CCNC(=O)C2CCC2)O[C@@H]1CO. The van der Waals surface area contributed by atoms with Crippen LogP contribution in [0.2, 0.25) is 0 Å². The molecular formula is C17H31N3O4. The van der Waals surface area contributed by atoms with Crippen molar-refractivity contribution in [3.05, 3.63) is 0 Å². The number of rotatable bonds is 7. The summed E-state index contributed by atoms with van der Waals surface area (Å²) in [5.74, 6) is 0.358. The summed E-state index contributed by atoms with van der Waals surface area (Å²) in [6.07, 6.45) is 5.08. The zero-order valence-corrected chi connectivity index (χ0v) is 14.7. The van der Waals surface area contributed by atoms with Crippen molar-refractivity contribution in [2.75, 3.05) is 13.2 Å². The predicted molar refractivity (Wildman–Crippen MR) is 90.5 cm³/mol. The van der Waals surface area contributed by atoms with Gasteiger partial charge in [-0.05, 0) is 46.0 Å². The molecule has 0 aromatic heterocycles. The van der Waals surface area contributed by atoms with Crippen LogP contribution in [0.15, 0.2) is 0 Å². The minimum Gasteiger partial charge on any atom is -0.394 e. The molecule has 0 spiro atoms. The fraction of sp³-hybridized carbons (Fsp3) is 0.882. The van der Waals surface area contributed by atoms with Gasteiger partial charge in [0.1, 0.15) is 6.10 Å². The summed E-state index contributed by atoms with van der Waals surface area (Å²) >= 11 is 0. The highest BCUT2D eigenvalue weighted by Gasteiger charge is 2.32. The molecule has 7 nitrogen and oxygen atoms in total. The summed E-state index contributed by atoms with van der Waals surface area (Å²) in [5, 5.41) is 18.2. The number of amides is 3. The largest absolute Gasteiger partial charge is 0.394 e. The molecule has 0 radical (unpaired) electrons. The lowest BCUT2D eigenvalue weighted by molar-refractivity contribution is -0.127. The van der Waals surface area contributed by atoms with E-state index in [1.807, 2.05) is 13.8 Å². The monoisotopic (exact) mass is 341 g/mol. The molecule has 3 amide bonds. The van der Waals surface area contributed by atoms with E-state index in [2.05, 4.69) is 16.0 Å². The summed E-state index contributed by atoms with van der Waals surface area (Å²) in [5.41, 5.74) is 0. The molecule has 7 heteroatoms. The quantitative estimate of drug-likeness (QED) is 0.553. The average molecular weight is 341 g/mol. The highest BCUT2D eigenvalue weighted by atomic mass is 16.5. The van der Waals surface area contributed by atoms with Gasteiger partial charge < -0.3 is 25.8 Å². The van der Waals surface area contributed by atoms with Gasteiger partial charge in [0.25, 0.3) is 0 Å². The fourth-order valence-corrected chi connectivity index (χ4v) is 3.15. The number of carbonyl (C=O) groups is 2. The summed E-state index contributed by atoms with van der Waals surface area (Å²) in [7, 11) is 0. The zero-order chi connectivity index (χ0) is 17.5. The molecule has 1 heterocycles. The Balaban J connectivity index is 1.69. The number of carbonyl (C=O) groups excluding carboxylic acids is 2. The molecule has 4 N–H and O–H groups in total. The molecule has 1 saturated heterocycles. The number of nitrogens with one attached hydrogen (secondary N) is 3. The van der Waals surface area contributed by atoms with Gasteiger partial charge in [-0.1, -0.05) is 6.42 Å². The molecule has 2 rings (SSSR count). The van der Waals surface area contributed by atoms with Crippen molar-refractivity contribution in [1.29, 1.82) is 0 Å². The highest BCUT2D eigenvalue weighted by Crippen LogP contribution is 2.26. The van der Waals surface area contributed by atoms with E-state index < -0.39 is 6.10 Å². The van der Waals surface area contributed by atoms with Gasteiger partial charge in [-0.2, -0.15) is 0 Å². The average Bonchev–Trinajstić information content (AvgIpc) is 2.45. The van der Waals surface area contributed by atoms with Crippen LogP contribution in [0.4, 0.5) is 4.79 Å². The van der Waals surface area contributed by atoms with E-state index in [0.717, 1.165) is 38.5 Å². The molecule has 0 aromatic carbocycles. The number of hydrogen-bond donors (Lipinski definition) is 4. The third-order valence-corrected chi connectivity index (χ3v) is 4.77. The molecule has 1 aliphatic carbocycles. The second-order valence-corrected chi connectivity index (χ2v) is 7.14. The lowest BCUT2D eigenvalue weighted by Crippen LogP contribution is -2.54. The zero-order valence-electron chi connectivity index (χ0n) is 14.7. The van der Waals surface area contributed by atoms with Gasteiger partial charge >= 0.3 is 6.03 Å². The molecule has 138 valence electrons. The molecule has 0 bridgehead atoms. The number of aliphatic hydroxyl groups is 1. The van der Waals surface area contributed by atoms with Gasteiger partial charge in [0, 0.05) is 18.5 Å². The highest BCUT2D eigenvalue weighted by molar-refractivity contribution is 5.79. The first-order chi connectivity index (χ1) is 11.5. The van der Waals surface area contributed by atoms with Gasteiger partial charge in [0.2, 0.25) is 5.91 Å². The maximum Gasteiger partial charge on any atom is 0.315 e. The van der Waals surface area contributed by atoms with Crippen molar-refractivity contribution in [2.45, 2.75) is 76.7 Å². The Morgan fingerprint density at radius 2 is 1.96 bits per heavy atom. The van der Waals surface area contributed by atoms with Crippen LogP contribution in [0.5, 0.6) is 0 Å². The second kappa shape index (κ2) is 9.22. The van der Waals surface area contributed by atoms with Gasteiger partial charge in [-0.15, -0.1) is 0 Å². The summed E-state index contributed by atoms with van der Waals surface area (Å²) in [6.45, 7) is 4.27. The van der Waals surface area contributed by atoms with Gasteiger partial charge in [0.15, 0.2) is 0 Å². The van der Waals surface area contributed by atoms with Gasteiger partial charge in [-0.3, -0.25) is 4.79 Å². The van der Waals surface area contributed by atoms with Crippen molar-refractivity contribution in [1.82, 2.24) is 16.0 Å². The van der Waals surface area contributed by atoms with Crippen molar-refractivity contribution >= 4 is 11.9 Å². The molecule has 2 fully saturated rings. The van der Waals surface area contributed by atoms with Crippen LogP contribution in [0, 0.1) is 5.92 Å². The minimum absolute atomic E-state index is 0.00931. The first kappa shape index (κ1) is 19.0. The second-order valence-electron chi connectivity index (χ2n) is 7.14. The molecule has 1 saturated carbocycles. The Hall–Kier alpha value is -1.34. The summed E-state index contributed by atoms with van der Waals surface area (Å²) in [6, 6.07) is -0.355. The normalized spacial score (nSPS) is 27.4. The van der Waals surface area contributed by atoms with Crippen LogP contribution in [-0.4, -0.2) is 54.5 Å². The Bertz CT molecular complexity index is 426. The van der Waals surface area contributed by atoms with E-state index in [-0.39, 0.29) is 42.7 Å². The van der Waals surface area contributed by atoms with Crippen molar-refractivity contribution in [3.63, 3.8) is 0 Å². The molecule has 3 atom stereocenters. The standard InChI is InChI=1S/C17H31N3O4/c1-11(2)19-17(23)20-14-7-6-13(24-15(14)10-21)8-9-18-16(22)12-4-3-5-12/h11-15,21H,3-10H2,1-2H3,(H,18,22)(H2,19,20,23)/t13-,14+,15-/m1/s1. The lowest BCUT2D eigenvalue weighted by atomic mass is 9.85. The van der Waals surface area contributed by atoms with Crippen molar-refractivity contribution in [3.8, 4) is 0 Å². The fourth-order valence-electron chi connectivity index (χ4n) is 3.15. The Morgan fingerprint density at radius 1 is 1.21 bits per heavy atom. The first-order valence-electron chi connectivity index (χ1n) is 9.10. The molecule has 0 unspecified atom stereocenters. The van der Waals surface area contributed by atoms with E-state index >= 15 is 0 Å². The van der Waals surface area contributed by atoms with Crippen LogP contribution in [0.25, 0.3) is 0 Å². The summed E-state index contributed by atoms with van der Waals surface area (Å²) in [4.78, 5) is 23.6. The molecule has 0 aromatic rings. The van der Waals surface area contributed by atoms with E-state index in [4.69, 9.17) is 4.74 Å². The Kier molecular flexibility index (Phi) is 7.30. The number of aliphatic hydroxyl groups excluding tert-OH is 1. The van der Waals surface area contributed by atoms with Crippen LogP contribution >= 0.6 is 0 Å². The van der Waals surface area contributed by atoms with Gasteiger partial charge in [0.05, 0.1) is 18.8 Å². The topological polar surface area (TPSA) is 99.7 Å². The first-order valence-corrected chi connectivity index (χ1v) is 9.10. The number of ether oxygens (including phenoxy) is 1. The predicted octanol–water partition coefficient (Wildman–Crippen LogP) is 0.909. The summed E-state index contributed by atoms with van der Waals surface area (Å²) < 4.78 is 5.89. The lowest BCUT2D eigenvalue weighted by Gasteiger charge is -2.36. The maximum atomic E-state index is 11.8. The van der Waals surface area contributed by atoms with Crippen LogP contribution in [0.3, 0.4) is 0 Å². The van der Waals surface area contributed by atoms with E-state index in [9.17, 15) is 14.7 Å². The Labute approximate surface area is 143 Å². The molecule has 24 heavy (non-hydrogen) atoms. The van der Waals surface area contributed by atoms with Crippen LogP contribution in [0.1, 0.15) is 52.4 Å². The molecule has 1 aliphatic heterocycles. The van der Waals surface area contributed by atoms with E-state index in [1.54, 1.807) is 0 Å². The van der Waals surface area contributed by atoms with E-state index in [1.165, 1.54) is 0 Å². The smallest absolute Gasteiger partial charge is 0.315 e. The van der Waals surface area contributed by atoms with Crippen molar-refractivity contribution in [2.24, 2.45) is 5.92 Å². The van der Waals surface area contributed by atoms with Crippen LogP contribution < -0.4 is 16.0 Å². The third-order valence-electron chi connectivity index (χ3n) is 4.77. The maximum absolute atomic E-state index is 11.8. The Morgan fingerprint density at radius 3 is 2.54 bits per heavy atom. The molecule has 2 aliphatic rings. The van der Waals surface area contributed by atoms with E-state index in [0.29, 0.717) is 6.54 Å². The minimum atomic E-state index is -0.399. The number of hydrogen-bond acceptors (Lipinski definition) is 4. The third kappa shape index (κ3) is 5.63. The van der Waals surface area contributed by atoms with Crippen LogP contribution in [-0.2, 0) is 9.53 Å².